The van der Waals surface area contributed by atoms with Crippen LogP contribution >= 0.6 is 11.8 Å². The van der Waals surface area contributed by atoms with Crippen molar-refractivity contribution in [1.82, 2.24) is 5.32 Å². The van der Waals surface area contributed by atoms with E-state index in [2.05, 4.69) is 26.1 Å². The molecule has 3 heteroatoms. The number of benzene rings is 1. The molecule has 96 valence electrons. The third-order valence-corrected chi connectivity index (χ3v) is 4.00. The van der Waals surface area contributed by atoms with Gasteiger partial charge in [0.2, 0.25) is 0 Å². The van der Waals surface area contributed by atoms with Crippen LogP contribution in [0.3, 0.4) is 0 Å². The Labute approximate surface area is 108 Å². The Morgan fingerprint density at radius 2 is 2.00 bits per heavy atom. The first-order valence-corrected chi connectivity index (χ1v) is 6.89. The second-order valence-corrected chi connectivity index (χ2v) is 7.12. The number of aryl methyl sites for hydroxylation is 1. The number of rotatable bonds is 4. The number of nitrogens with one attached hydrogen (secondary N) is 1. The molecule has 1 aromatic rings. The highest BCUT2D eigenvalue weighted by Crippen LogP contribution is 2.28. The van der Waals surface area contributed by atoms with Gasteiger partial charge in [0.1, 0.15) is 5.82 Å². The van der Waals surface area contributed by atoms with E-state index >= 15 is 0 Å². The minimum absolute atomic E-state index is 0.122. The van der Waals surface area contributed by atoms with Crippen molar-refractivity contribution >= 4 is 11.8 Å². The Morgan fingerprint density at radius 1 is 1.35 bits per heavy atom. The molecule has 1 N–H and O–H groups in total. The summed E-state index contributed by atoms with van der Waals surface area (Å²) in [5.41, 5.74) is 1.72. The van der Waals surface area contributed by atoms with Crippen LogP contribution in [0.2, 0.25) is 0 Å². The number of thioether (sulfide) groups is 1. The summed E-state index contributed by atoms with van der Waals surface area (Å²) in [6, 6.07) is 5.69. The van der Waals surface area contributed by atoms with Gasteiger partial charge in [-0.3, -0.25) is 0 Å². The average molecular weight is 255 g/mol. The van der Waals surface area contributed by atoms with Gasteiger partial charge in [0, 0.05) is 16.5 Å². The van der Waals surface area contributed by atoms with E-state index in [0.29, 0.717) is 5.56 Å². The summed E-state index contributed by atoms with van der Waals surface area (Å²) in [5, 5.41) is 3.25. The van der Waals surface area contributed by atoms with Gasteiger partial charge in [0.25, 0.3) is 0 Å². The molecule has 0 radical (unpaired) electrons. The van der Waals surface area contributed by atoms with Crippen molar-refractivity contribution < 1.29 is 4.39 Å². The van der Waals surface area contributed by atoms with E-state index in [1.54, 1.807) is 13.0 Å². The number of halogens is 1. The maximum Gasteiger partial charge on any atom is 0.126 e. The van der Waals surface area contributed by atoms with Crippen LogP contribution in [0, 0.1) is 12.7 Å². The van der Waals surface area contributed by atoms with Crippen molar-refractivity contribution in [2.24, 2.45) is 0 Å². The zero-order valence-corrected chi connectivity index (χ0v) is 12.1. The molecule has 0 aliphatic heterocycles. The van der Waals surface area contributed by atoms with E-state index in [1.165, 1.54) is 0 Å². The molecule has 1 aromatic carbocycles. The van der Waals surface area contributed by atoms with Crippen molar-refractivity contribution in [2.45, 2.75) is 38.5 Å². The lowest BCUT2D eigenvalue weighted by atomic mass is 10.1. The molecule has 0 fully saturated rings. The molecular formula is C14H22FNS. The lowest BCUT2D eigenvalue weighted by Crippen LogP contribution is -2.22. The second-order valence-electron chi connectivity index (χ2n) is 5.27. The van der Waals surface area contributed by atoms with Crippen molar-refractivity contribution in [1.29, 1.82) is 0 Å². The summed E-state index contributed by atoms with van der Waals surface area (Å²) < 4.78 is 13.7. The van der Waals surface area contributed by atoms with Gasteiger partial charge in [-0.15, -0.1) is 0 Å². The minimum Gasteiger partial charge on any atom is -0.312 e. The third kappa shape index (κ3) is 4.68. The van der Waals surface area contributed by atoms with Crippen LogP contribution < -0.4 is 5.32 Å². The van der Waals surface area contributed by atoms with Crippen molar-refractivity contribution in [2.75, 3.05) is 12.8 Å². The Morgan fingerprint density at radius 3 is 2.47 bits per heavy atom. The van der Waals surface area contributed by atoms with Gasteiger partial charge in [0.05, 0.1) is 0 Å². The summed E-state index contributed by atoms with van der Waals surface area (Å²) in [7, 11) is 1.92. The van der Waals surface area contributed by atoms with Gasteiger partial charge < -0.3 is 5.32 Å². The van der Waals surface area contributed by atoms with Crippen LogP contribution in [0.1, 0.15) is 37.9 Å². The molecule has 0 spiro atoms. The van der Waals surface area contributed by atoms with Crippen molar-refractivity contribution in [3.63, 3.8) is 0 Å². The molecule has 1 nitrogen and oxygen atoms in total. The Bertz CT molecular complexity index is 371. The first-order chi connectivity index (χ1) is 7.83. The van der Waals surface area contributed by atoms with Gasteiger partial charge >= 0.3 is 0 Å². The number of hydrogen-bond donors (Lipinski definition) is 1. The van der Waals surface area contributed by atoms with Crippen LogP contribution in [0.5, 0.6) is 0 Å². The maximum absolute atomic E-state index is 13.5. The lowest BCUT2D eigenvalue weighted by molar-refractivity contribution is 0.603. The van der Waals surface area contributed by atoms with E-state index in [0.717, 1.165) is 11.3 Å². The standard InChI is InChI=1S/C14H22FNS/c1-10-6-7-11(8-12(10)15)13(16-5)9-17-14(2,3)4/h6-8,13,16H,9H2,1-5H3. The summed E-state index contributed by atoms with van der Waals surface area (Å²) in [6.45, 7) is 8.37. The smallest absolute Gasteiger partial charge is 0.126 e. The molecule has 0 saturated carbocycles. The van der Waals surface area contributed by atoms with Crippen LogP contribution in [0.15, 0.2) is 18.2 Å². The van der Waals surface area contributed by atoms with Gasteiger partial charge in [-0.25, -0.2) is 4.39 Å². The third-order valence-electron chi connectivity index (χ3n) is 2.63. The molecule has 0 bridgehead atoms. The van der Waals surface area contributed by atoms with E-state index in [9.17, 15) is 4.39 Å². The van der Waals surface area contributed by atoms with E-state index in [-0.39, 0.29) is 16.6 Å². The highest BCUT2D eigenvalue weighted by atomic mass is 32.2. The van der Waals surface area contributed by atoms with Gasteiger partial charge in [-0.2, -0.15) is 11.8 Å². The van der Waals surface area contributed by atoms with Crippen LogP contribution in [-0.4, -0.2) is 17.5 Å². The molecule has 1 unspecified atom stereocenters. The fourth-order valence-electron chi connectivity index (χ4n) is 1.51. The summed E-state index contributed by atoms with van der Waals surface area (Å²) in [6.07, 6.45) is 0. The summed E-state index contributed by atoms with van der Waals surface area (Å²) in [4.78, 5) is 0. The molecule has 1 rings (SSSR count). The van der Waals surface area contributed by atoms with E-state index in [4.69, 9.17) is 0 Å². The molecule has 0 aliphatic rings. The molecular weight excluding hydrogens is 233 g/mol. The Balaban J connectivity index is 2.76. The van der Waals surface area contributed by atoms with Crippen LogP contribution in [0.25, 0.3) is 0 Å². The minimum atomic E-state index is -0.122. The predicted molar refractivity (Wildman–Crippen MR) is 75.1 cm³/mol. The first kappa shape index (κ1) is 14.5. The molecule has 1 atom stereocenters. The topological polar surface area (TPSA) is 12.0 Å². The van der Waals surface area contributed by atoms with E-state index < -0.39 is 0 Å². The molecule has 0 aromatic heterocycles. The van der Waals surface area contributed by atoms with Crippen molar-refractivity contribution in [3.8, 4) is 0 Å². The molecule has 0 amide bonds. The zero-order chi connectivity index (χ0) is 13.1. The van der Waals surface area contributed by atoms with Crippen molar-refractivity contribution in [3.05, 3.63) is 35.1 Å². The first-order valence-electron chi connectivity index (χ1n) is 5.91. The fraction of sp³-hybridized carbons (Fsp3) is 0.571. The summed E-state index contributed by atoms with van der Waals surface area (Å²) >= 11 is 1.89. The van der Waals surface area contributed by atoms with Gasteiger partial charge in [-0.1, -0.05) is 32.9 Å². The SMILES string of the molecule is CNC(CSC(C)(C)C)c1ccc(C)c(F)c1. The second kappa shape index (κ2) is 5.87. The highest BCUT2D eigenvalue weighted by molar-refractivity contribution is 8.00. The largest absolute Gasteiger partial charge is 0.312 e. The monoisotopic (exact) mass is 255 g/mol. The van der Waals surface area contributed by atoms with Crippen LogP contribution in [0.4, 0.5) is 4.39 Å². The highest BCUT2D eigenvalue weighted by Gasteiger charge is 2.16. The average Bonchev–Trinajstić information content (AvgIpc) is 2.22. The molecule has 0 aliphatic carbocycles. The number of hydrogen-bond acceptors (Lipinski definition) is 2. The fourth-order valence-corrected chi connectivity index (χ4v) is 2.53. The van der Waals surface area contributed by atoms with Gasteiger partial charge in [0.15, 0.2) is 0 Å². The van der Waals surface area contributed by atoms with E-state index in [1.807, 2.05) is 30.9 Å². The molecule has 0 saturated heterocycles. The van der Waals surface area contributed by atoms with Gasteiger partial charge in [-0.05, 0) is 31.2 Å². The lowest BCUT2D eigenvalue weighted by Gasteiger charge is -2.23. The van der Waals surface area contributed by atoms with Crippen LogP contribution in [-0.2, 0) is 0 Å². The normalized spacial score (nSPS) is 13.8. The maximum atomic E-state index is 13.5. The predicted octanol–water partition coefficient (Wildman–Crippen LogP) is 3.93. The molecule has 0 heterocycles. The summed E-state index contributed by atoms with van der Waals surface area (Å²) in [5.74, 6) is 0.825. The molecule has 17 heavy (non-hydrogen) atoms. The Kier molecular flexibility index (Phi) is 5.02. The Hall–Kier alpha value is -0.540. The quantitative estimate of drug-likeness (QED) is 0.875. The zero-order valence-electron chi connectivity index (χ0n) is 11.3.